The second-order valence-corrected chi connectivity index (χ2v) is 7.38. The Morgan fingerprint density at radius 2 is 2.10 bits per heavy atom. The molecule has 1 aliphatic carbocycles. The number of carbonyl (C=O) groups is 1. The van der Waals surface area contributed by atoms with Crippen molar-refractivity contribution in [3.8, 4) is 34.7 Å². The molecule has 1 aliphatic rings. The first-order valence-corrected chi connectivity index (χ1v) is 9.47. The van der Waals surface area contributed by atoms with Gasteiger partial charge in [0.15, 0.2) is 0 Å². The Kier molecular flexibility index (Phi) is 4.03. The molecule has 1 atom stereocenters. The number of nitrogens with one attached hydrogen (secondary N) is 1. The highest BCUT2D eigenvalue weighted by molar-refractivity contribution is 5.89. The third kappa shape index (κ3) is 2.88. The largest absolute Gasteiger partial charge is 0.507 e. The van der Waals surface area contributed by atoms with Crippen LogP contribution in [0.1, 0.15) is 35.6 Å². The first kappa shape index (κ1) is 17.9. The lowest BCUT2D eigenvalue weighted by atomic mass is 10.0. The van der Waals surface area contributed by atoms with Crippen molar-refractivity contribution >= 4 is 16.9 Å². The molecule has 3 N–H and O–H groups in total. The van der Waals surface area contributed by atoms with Gasteiger partial charge < -0.3 is 19.7 Å². The van der Waals surface area contributed by atoms with Gasteiger partial charge in [0.1, 0.15) is 11.8 Å². The zero-order chi connectivity index (χ0) is 20.8. The van der Waals surface area contributed by atoms with Gasteiger partial charge in [-0.3, -0.25) is 4.79 Å². The van der Waals surface area contributed by atoms with Gasteiger partial charge in [-0.2, -0.15) is 10.2 Å². The van der Waals surface area contributed by atoms with Crippen molar-refractivity contribution in [1.82, 2.24) is 15.1 Å². The first-order chi connectivity index (χ1) is 14.5. The van der Waals surface area contributed by atoms with Crippen LogP contribution in [0.5, 0.6) is 5.75 Å². The Bertz CT molecular complexity index is 1350. The van der Waals surface area contributed by atoms with Crippen molar-refractivity contribution in [2.24, 2.45) is 0 Å². The smallest absolute Gasteiger partial charge is 0.304 e. The van der Waals surface area contributed by atoms with Crippen LogP contribution in [0.3, 0.4) is 0 Å². The molecule has 1 unspecified atom stereocenters. The average Bonchev–Trinajstić information content (AvgIpc) is 3.44. The van der Waals surface area contributed by atoms with Crippen LogP contribution in [0.15, 0.2) is 40.9 Å². The zero-order valence-electron chi connectivity index (χ0n) is 15.7. The van der Waals surface area contributed by atoms with Crippen molar-refractivity contribution in [3.63, 3.8) is 0 Å². The summed E-state index contributed by atoms with van der Waals surface area (Å²) in [5, 5.41) is 33.0. The predicted molar refractivity (Wildman–Crippen MR) is 107 cm³/mol. The summed E-state index contributed by atoms with van der Waals surface area (Å²) in [6.07, 6.45) is 1.78. The summed E-state index contributed by atoms with van der Waals surface area (Å²) in [7, 11) is 0. The second kappa shape index (κ2) is 6.74. The Morgan fingerprint density at radius 1 is 1.27 bits per heavy atom. The van der Waals surface area contributed by atoms with Gasteiger partial charge in [-0.15, -0.1) is 0 Å². The standard InChI is InChI=1S/C22H16N4O4/c23-10-14-7-13(3-6-18(14)27)22-25-21(26-30-22)12-2-5-17-16(8-12)15-4-1-11(9-19(28)29)20(15)24-17/h2-3,5-8,11,24,27H,1,4,9H2,(H,28,29). The lowest BCUT2D eigenvalue weighted by Crippen LogP contribution is -2.03. The Morgan fingerprint density at radius 3 is 2.90 bits per heavy atom. The lowest BCUT2D eigenvalue weighted by Gasteiger charge is -2.05. The fourth-order valence-corrected chi connectivity index (χ4v) is 4.12. The van der Waals surface area contributed by atoms with Crippen LogP contribution in [0.4, 0.5) is 0 Å². The number of benzene rings is 2. The van der Waals surface area contributed by atoms with E-state index in [1.54, 1.807) is 6.07 Å². The van der Waals surface area contributed by atoms with Gasteiger partial charge in [-0.1, -0.05) is 5.16 Å². The number of H-pyrrole nitrogens is 1. The Labute approximate surface area is 170 Å². The number of aryl methyl sites for hydroxylation is 1. The van der Waals surface area contributed by atoms with Gasteiger partial charge in [-0.25, -0.2) is 0 Å². The fourth-order valence-electron chi connectivity index (χ4n) is 4.12. The molecule has 0 saturated heterocycles. The summed E-state index contributed by atoms with van der Waals surface area (Å²) in [5.41, 5.74) is 4.57. The number of aromatic amines is 1. The number of aliphatic carboxylic acids is 1. The van der Waals surface area contributed by atoms with E-state index in [0.29, 0.717) is 11.4 Å². The molecule has 0 spiro atoms. The fraction of sp³-hybridized carbons (Fsp3) is 0.182. The van der Waals surface area contributed by atoms with Gasteiger partial charge in [0.25, 0.3) is 5.89 Å². The zero-order valence-corrected chi connectivity index (χ0v) is 15.7. The molecule has 5 rings (SSSR count). The highest BCUT2D eigenvalue weighted by Crippen LogP contribution is 2.40. The number of carboxylic acids is 1. The summed E-state index contributed by atoms with van der Waals surface area (Å²) < 4.78 is 5.37. The first-order valence-electron chi connectivity index (χ1n) is 9.47. The van der Waals surface area contributed by atoms with Gasteiger partial charge in [0, 0.05) is 33.6 Å². The quantitative estimate of drug-likeness (QED) is 0.471. The molecule has 0 radical (unpaired) electrons. The maximum Gasteiger partial charge on any atom is 0.304 e. The number of fused-ring (bicyclic) bond motifs is 3. The highest BCUT2D eigenvalue weighted by Gasteiger charge is 2.28. The number of rotatable bonds is 4. The van der Waals surface area contributed by atoms with E-state index in [-0.39, 0.29) is 29.5 Å². The number of aromatic nitrogens is 3. The molecule has 0 aliphatic heterocycles. The molecule has 148 valence electrons. The predicted octanol–water partition coefficient (Wildman–Crippen LogP) is 3.97. The normalized spacial score (nSPS) is 15.2. The molecule has 2 heterocycles. The number of nitrogens with zero attached hydrogens (tertiary/aromatic N) is 3. The van der Waals surface area contributed by atoms with E-state index >= 15 is 0 Å². The third-order valence-electron chi connectivity index (χ3n) is 5.56. The van der Waals surface area contributed by atoms with Crippen LogP contribution >= 0.6 is 0 Å². The molecule has 0 saturated carbocycles. The molecule has 30 heavy (non-hydrogen) atoms. The van der Waals surface area contributed by atoms with Crippen molar-refractivity contribution in [2.45, 2.75) is 25.2 Å². The van der Waals surface area contributed by atoms with Crippen LogP contribution in [-0.4, -0.2) is 31.3 Å². The molecule has 2 aromatic heterocycles. The summed E-state index contributed by atoms with van der Waals surface area (Å²) >= 11 is 0. The molecular weight excluding hydrogens is 384 g/mol. The van der Waals surface area contributed by atoms with E-state index in [0.717, 1.165) is 40.6 Å². The number of phenolic OH excluding ortho intramolecular Hbond substituents is 1. The molecule has 8 heteroatoms. The molecular formula is C22H16N4O4. The minimum atomic E-state index is -0.791. The van der Waals surface area contributed by atoms with E-state index in [9.17, 15) is 9.90 Å². The van der Waals surface area contributed by atoms with Crippen LogP contribution < -0.4 is 0 Å². The molecule has 8 nitrogen and oxygen atoms in total. The van der Waals surface area contributed by atoms with Crippen molar-refractivity contribution < 1.29 is 19.5 Å². The second-order valence-electron chi connectivity index (χ2n) is 7.38. The number of phenols is 1. The third-order valence-corrected chi connectivity index (χ3v) is 5.56. The number of hydrogen-bond donors (Lipinski definition) is 3. The SMILES string of the molecule is N#Cc1cc(-c2nc(-c3ccc4[nH]c5c(c4c3)CCC5CC(=O)O)no2)ccc1O. The number of nitriles is 1. The van der Waals surface area contributed by atoms with Gasteiger partial charge in [0.2, 0.25) is 5.82 Å². The molecule has 2 aromatic carbocycles. The number of aromatic hydroxyl groups is 1. The van der Waals surface area contributed by atoms with Crippen molar-refractivity contribution in [3.05, 3.63) is 53.2 Å². The summed E-state index contributed by atoms with van der Waals surface area (Å²) in [6.45, 7) is 0. The highest BCUT2D eigenvalue weighted by atomic mass is 16.5. The molecule has 4 aromatic rings. The van der Waals surface area contributed by atoms with E-state index < -0.39 is 5.97 Å². The summed E-state index contributed by atoms with van der Waals surface area (Å²) in [5.74, 6) is -0.223. The molecule has 0 fully saturated rings. The number of hydrogen-bond acceptors (Lipinski definition) is 6. The maximum absolute atomic E-state index is 11.1. The van der Waals surface area contributed by atoms with Crippen LogP contribution in [0.25, 0.3) is 33.7 Å². The summed E-state index contributed by atoms with van der Waals surface area (Å²) in [6, 6.07) is 12.2. The number of carboxylic acid groups (broad SMARTS) is 1. The Hall–Kier alpha value is -4.12. The van der Waals surface area contributed by atoms with Crippen molar-refractivity contribution in [1.29, 1.82) is 5.26 Å². The van der Waals surface area contributed by atoms with Crippen LogP contribution in [-0.2, 0) is 11.2 Å². The Balaban J connectivity index is 1.51. The van der Waals surface area contributed by atoms with Gasteiger partial charge >= 0.3 is 5.97 Å². The van der Waals surface area contributed by atoms with Gasteiger partial charge in [-0.05, 0) is 54.8 Å². The minimum Gasteiger partial charge on any atom is -0.507 e. The van der Waals surface area contributed by atoms with Crippen LogP contribution in [0, 0.1) is 11.3 Å². The molecule has 0 amide bonds. The van der Waals surface area contributed by atoms with E-state index in [1.807, 2.05) is 24.3 Å². The average molecular weight is 400 g/mol. The summed E-state index contributed by atoms with van der Waals surface area (Å²) in [4.78, 5) is 18.9. The van der Waals surface area contributed by atoms with Crippen molar-refractivity contribution in [2.75, 3.05) is 0 Å². The monoisotopic (exact) mass is 400 g/mol. The lowest BCUT2D eigenvalue weighted by molar-refractivity contribution is -0.137. The minimum absolute atomic E-state index is 0.00829. The van der Waals surface area contributed by atoms with E-state index in [4.69, 9.17) is 14.9 Å². The van der Waals surface area contributed by atoms with E-state index in [1.165, 1.54) is 12.1 Å². The topological polar surface area (TPSA) is 136 Å². The maximum atomic E-state index is 11.1. The molecule has 0 bridgehead atoms. The van der Waals surface area contributed by atoms with E-state index in [2.05, 4.69) is 15.1 Å². The van der Waals surface area contributed by atoms with Crippen LogP contribution in [0.2, 0.25) is 0 Å². The van der Waals surface area contributed by atoms with Gasteiger partial charge in [0.05, 0.1) is 12.0 Å².